The number of amides is 1. The summed E-state index contributed by atoms with van der Waals surface area (Å²) in [5.74, 6) is -2.06. The van der Waals surface area contributed by atoms with Gasteiger partial charge in [-0.1, -0.05) is 68.1 Å². The van der Waals surface area contributed by atoms with Gasteiger partial charge in [-0.25, -0.2) is 4.39 Å². The molecule has 0 spiro atoms. The number of nitrogens with zero attached hydrogens (tertiary/aromatic N) is 1. The molecule has 29 heavy (non-hydrogen) atoms. The first-order valence-electron chi connectivity index (χ1n) is 10.0. The zero-order chi connectivity index (χ0) is 21.0. The largest absolute Gasteiger partial charge is 0.507 e. The van der Waals surface area contributed by atoms with Gasteiger partial charge >= 0.3 is 0 Å². The van der Waals surface area contributed by atoms with Crippen molar-refractivity contribution in [1.82, 2.24) is 4.90 Å². The highest BCUT2D eigenvalue weighted by Gasteiger charge is 2.45. The molecule has 1 fully saturated rings. The van der Waals surface area contributed by atoms with Crippen LogP contribution in [0.25, 0.3) is 5.76 Å². The van der Waals surface area contributed by atoms with Crippen LogP contribution in [0.2, 0.25) is 0 Å². The van der Waals surface area contributed by atoms with Crippen molar-refractivity contribution in [2.45, 2.75) is 45.6 Å². The van der Waals surface area contributed by atoms with Crippen molar-refractivity contribution in [3.63, 3.8) is 0 Å². The van der Waals surface area contributed by atoms with Gasteiger partial charge in [-0.2, -0.15) is 0 Å². The van der Waals surface area contributed by atoms with E-state index in [1.807, 2.05) is 19.1 Å². The molecule has 0 bridgehead atoms. The van der Waals surface area contributed by atoms with Crippen molar-refractivity contribution in [3.05, 3.63) is 76.6 Å². The number of aliphatic hydroxyl groups is 1. The van der Waals surface area contributed by atoms with Gasteiger partial charge in [0.25, 0.3) is 11.7 Å². The van der Waals surface area contributed by atoms with Gasteiger partial charge in [-0.05, 0) is 31.0 Å². The molecular formula is C24H26FNO3. The molecule has 5 heteroatoms. The minimum absolute atomic E-state index is 0.0138. The molecule has 1 heterocycles. The quantitative estimate of drug-likeness (QED) is 0.306. The van der Waals surface area contributed by atoms with Gasteiger partial charge in [0, 0.05) is 12.1 Å². The molecule has 1 amide bonds. The summed E-state index contributed by atoms with van der Waals surface area (Å²) in [5.41, 5.74) is 1.97. The van der Waals surface area contributed by atoms with Gasteiger partial charge in [0.1, 0.15) is 11.6 Å². The number of rotatable bonds is 7. The molecule has 1 aliphatic heterocycles. The van der Waals surface area contributed by atoms with Crippen LogP contribution in [-0.2, 0) is 9.59 Å². The zero-order valence-electron chi connectivity index (χ0n) is 16.8. The summed E-state index contributed by atoms with van der Waals surface area (Å²) in [6.07, 6.45) is 3.78. The van der Waals surface area contributed by atoms with E-state index in [4.69, 9.17) is 0 Å². The lowest BCUT2D eigenvalue weighted by Crippen LogP contribution is -2.30. The zero-order valence-corrected chi connectivity index (χ0v) is 16.8. The van der Waals surface area contributed by atoms with Crippen LogP contribution >= 0.6 is 0 Å². The fraction of sp³-hybridized carbons (Fsp3) is 0.333. The lowest BCUT2D eigenvalue weighted by molar-refractivity contribution is -0.139. The maximum absolute atomic E-state index is 13.9. The second-order valence-electron chi connectivity index (χ2n) is 7.47. The number of benzene rings is 2. The van der Waals surface area contributed by atoms with Crippen LogP contribution in [0.3, 0.4) is 0 Å². The molecule has 0 saturated carbocycles. The Balaban J connectivity index is 2.07. The summed E-state index contributed by atoms with van der Waals surface area (Å²) < 4.78 is 13.9. The van der Waals surface area contributed by atoms with Crippen molar-refractivity contribution in [3.8, 4) is 0 Å². The lowest BCUT2D eigenvalue weighted by Gasteiger charge is -2.25. The molecule has 3 rings (SSSR count). The minimum Gasteiger partial charge on any atom is -0.507 e. The number of likely N-dealkylation sites (tertiary alicyclic amines) is 1. The number of carbonyl (C=O) groups is 2. The van der Waals surface area contributed by atoms with E-state index in [0.29, 0.717) is 17.7 Å². The molecular weight excluding hydrogens is 369 g/mol. The number of aryl methyl sites for hydroxylation is 1. The van der Waals surface area contributed by atoms with E-state index in [-0.39, 0.29) is 11.3 Å². The fourth-order valence-electron chi connectivity index (χ4n) is 3.71. The summed E-state index contributed by atoms with van der Waals surface area (Å²) in [6, 6.07) is 12.1. The van der Waals surface area contributed by atoms with E-state index in [0.717, 1.165) is 31.2 Å². The summed E-state index contributed by atoms with van der Waals surface area (Å²) >= 11 is 0. The molecule has 152 valence electrons. The summed E-state index contributed by atoms with van der Waals surface area (Å²) in [6.45, 7) is 4.41. The Morgan fingerprint density at radius 2 is 1.79 bits per heavy atom. The van der Waals surface area contributed by atoms with Crippen molar-refractivity contribution >= 4 is 17.4 Å². The molecule has 1 aliphatic rings. The van der Waals surface area contributed by atoms with Crippen molar-refractivity contribution in [1.29, 1.82) is 0 Å². The predicted molar refractivity (Wildman–Crippen MR) is 111 cm³/mol. The first-order chi connectivity index (χ1) is 13.9. The number of carbonyl (C=O) groups excluding carboxylic acids is 2. The van der Waals surface area contributed by atoms with Crippen LogP contribution in [0.5, 0.6) is 0 Å². The second kappa shape index (κ2) is 9.03. The molecule has 2 aromatic carbocycles. The summed E-state index contributed by atoms with van der Waals surface area (Å²) in [4.78, 5) is 27.1. The molecule has 0 aliphatic carbocycles. The van der Waals surface area contributed by atoms with E-state index in [2.05, 4.69) is 6.92 Å². The van der Waals surface area contributed by atoms with Crippen molar-refractivity contribution in [2.24, 2.45) is 0 Å². The first kappa shape index (κ1) is 20.8. The number of Topliss-reactive ketones (excluding diaryl/α,β-unsaturated/α-hetero) is 1. The fourth-order valence-corrected chi connectivity index (χ4v) is 3.71. The third kappa shape index (κ3) is 4.39. The highest BCUT2D eigenvalue weighted by Crippen LogP contribution is 2.39. The summed E-state index contributed by atoms with van der Waals surface area (Å²) in [7, 11) is 0. The number of hydrogen-bond acceptors (Lipinski definition) is 3. The lowest BCUT2D eigenvalue weighted by atomic mass is 9.95. The molecule has 4 nitrogen and oxygen atoms in total. The number of unbranched alkanes of at least 4 members (excludes halogenated alkanes) is 3. The number of aliphatic hydroxyl groups excluding tert-OH is 1. The van der Waals surface area contributed by atoms with Gasteiger partial charge in [0.05, 0.1) is 11.6 Å². The Kier molecular flexibility index (Phi) is 6.47. The smallest absolute Gasteiger partial charge is 0.295 e. The molecule has 1 saturated heterocycles. The van der Waals surface area contributed by atoms with E-state index in [1.165, 1.54) is 17.0 Å². The monoisotopic (exact) mass is 395 g/mol. The van der Waals surface area contributed by atoms with Crippen LogP contribution in [-0.4, -0.2) is 28.2 Å². The molecule has 1 atom stereocenters. The van der Waals surface area contributed by atoms with Gasteiger partial charge in [-0.3, -0.25) is 9.59 Å². The number of hydrogen-bond donors (Lipinski definition) is 1. The van der Waals surface area contributed by atoms with Crippen LogP contribution in [0.1, 0.15) is 55.3 Å². The van der Waals surface area contributed by atoms with Gasteiger partial charge < -0.3 is 10.0 Å². The third-order valence-electron chi connectivity index (χ3n) is 5.28. The second-order valence-corrected chi connectivity index (χ2v) is 7.47. The van der Waals surface area contributed by atoms with E-state index in [1.54, 1.807) is 24.3 Å². The van der Waals surface area contributed by atoms with E-state index >= 15 is 0 Å². The standard InChI is InChI=1S/C24H26FNO3/c1-3-4-5-6-14-26-21(18-8-7-9-19(25)15-18)20(23(28)24(26)29)22(27)17-12-10-16(2)11-13-17/h7-13,15,21,27H,3-6,14H2,1-2H3/b22-20+/t21-/m0/s1. The number of ketones is 1. The Morgan fingerprint density at radius 1 is 1.07 bits per heavy atom. The third-order valence-corrected chi connectivity index (χ3v) is 5.28. The van der Waals surface area contributed by atoms with Crippen molar-refractivity contribution < 1.29 is 19.1 Å². The van der Waals surface area contributed by atoms with Crippen LogP contribution in [0, 0.1) is 12.7 Å². The minimum atomic E-state index is -0.798. The van der Waals surface area contributed by atoms with Gasteiger partial charge in [0.15, 0.2) is 0 Å². The molecule has 1 N–H and O–H groups in total. The Hall–Kier alpha value is -2.95. The Labute approximate surface area is 170 Å². The molecule has 0 unspecified atom stereocenters. The SMILES string of the molecule is CCCCCCN1C(=O)C(=O)/C(=C(/O)c2ccc(C)cc2)[C@@H]1c1cccc(F)c1. The normalized spacial score (nSPS) is 18.4. The average Bonchev–Trinajstić information content (AvgIpc) is 2.96. The molecule has 0 aromatic heterocycles. The van der Waals surface area contributed by atoms with Crippen LogP contribution in [0.15, 0.2) is 54.1 Å². The number of halogens is 1. The Morgan fingerprint density at radius 3 is 2.45 bits per heavy atom. The molecule has 2 aromatic rings. The first-order valence-corrected chi connectivity index (χ1v) is 10.0. The molecule has 0 radical (unpaired) electrons. The topological polar surface area (TPSA) is 57.6 Å². The van der Waals surface area contributed by atoms with E-state index < -0.39 is 23.5 Å². The highest BCUT2D eigenvalue weighted by atomic mass is 19.1. The Bertz CT molecular complexity index is 933. The van der Waals surface area contributed by atoms with Crippen molar-refractivity contribution in [2.75, 3.05) is 6.54 Å². The average molecular weight is 395 g/mol. The van der Waals surface area contributed by atoms with Gasteiger partial charge in [0.2, 0.25) is 0 Å². The predicted octanol–water partition coefficient (Wildman–Crippen LogP) is 5.14. The van der Waals surface area contributed by atoms with Gasteiger partial charge in [-0.15, -0.1) is 0 Å². The van der Waals surface area contributed by atoms with Crippen LogP contribution < -0.4 is 0 Å². The van der Waals surface area contributed by atoms with E-state index in [9.17, 15) is 19.1 Å². The van der Waals surface area contributed by atoms with Crippen LogP contribution in [0.4, 0.5) is 4.39 Å². The summed E-state index contributed by atoms with van der Waals surface area (Å²) in [5, 5.41) is 10.9. The maximum atomic E-state index is 13.9. The highest BCUT2D eigenvalue weighted by molar-refractivity contribution is 6.46. The maximum Gasteiger partial charge on any atom is 0.295 e.